The molecule has 7 heteroatoms. The van der Waals surface area contributed by atoms with Crippen LogP contribution in [-0.4, -0.2) is 32.2 Å². The van der Waals surface area contributed by atoms with Crippen LogP contribution >= 0.6 is 0 Å². The number of aryl methyl sites for hydroxylation is 1. The average Bonchev–Trinajstić information content (AvgIpc) is 2.64. The Morgan fingerprint density at radius 2 is 1.81 bits per heavy atom. The van der Waals surface area contributed by atoms with Crippen LogP contribution < -0.4 is 14.9 Å². The molecule has 0 saturated heterocycles. The number of hydrogen-bond donors (Lipinski definition) is 2. The van der Waals surface area contributed by atoms with Crippen LogP contribution in [0.1, 0.15) is 39.2 Å². The third kappa shape index (κ3) is 6.13. The highest BCUT2D eigenvalue weighted by Crippen LogP contribution is 2.25. The number of unbranched alkanes of at least 4 members (excludes halogenated alkanes) is 1. The summed E-state index contributed by atoms with van der Waals surface area (Å²) in [6.07, 6.45) is 3.02. The molecular weight excluding hydrogens is 360 g/mol. The van der Waals surface area contributed by atoms with E-state index in [0.717, 1.165) is 30.8 Å². The number of sulfonamides is 1. The molecular formula is C20H30N4O2S. The first-order chi connectivity index (χ1) is 12.9. The van der Waals surface area contributed by atoms with Crippen molar-refractivity contribution in [3.63, 3.8) is 0 Å². The Hall–Kier alpha value is -2.28. The summed E-state index contributed by atoms with van der Waals surface area (Å²) in [5.74, 6) is 0.798. The van der Waals surface area contributed by atoms with Crippen LogP contribution in [0.4, 0.5) is 22.9 Å². The zero-order valence-corrected chi connectivity index (χ0v) is 17.4. The van der Waals surface area contributed by atoms with E-state index in [1.54, 1.807) is 12.1 Å². The summed E-state index contributed by atoms with van der Waals surface area (Å²) < 4.78 is 26.5. The standard InChI is InChI=1S/C20H30N4O2S/c1-5-8-13-27(25,26)23-17-9-12-20(21-15-17)22-19-11-10-18(14-16(19)4)24(6-2)7-3/h9-12,14-15,23H,5-8,13H2,1-4H3,(H,21,22). The maximum absolute atomic E-state index is 12.0. The number of rotatable bonds is 10. The van der Waals surface area contributed by atoms with Crippen molar-refractivity contribution in [1.82, 2.24) is 4.98 Å². The molecule has 0 atom stereocenters. The second-order valence-corrected chi connectivity index (χ2v) is 8.34. The number of aromatic nitrogens is 1. The Labute approximate surface area is 163 Å². The van der Waals surface area contributed by atoms with Gasteiger partial charge in [0.05, 0.1) is 17.6 Å². The predicted molar refractivity (Wildman–Crippen MR) is 115 cm³/mol. The highest BCUT2D eigenvalue weighted by Gasteiger charge is 2.10. The largest absolute Gasteiger partial charge is 0.372 e. The molecule has 148 valence electrons. The Morgan fingerprint density at radius 1 is 1.07 bits per heavy atom. The molecule has 2 aromatic rings. The van der Waals surface area contributed by atoms with Crippen LogP contribution in [0.5, 0.6) is 0 Å². The molecule has 2 N–H and O–H groups in total. The lowest BCUT2D eigenvalue weighted by atomic mass is 10.1. The third-order valence-corrected chi connectivity index (χ3v) is 5.78. The SMILES string of the molecule is CCCCS(=O)(=O)Nc1ccc(Nc2ccc(N(CC)CC)cc2C)nc1. The molecule has 0 bridgehead atoms. The average molecular weight is 391 g/mol. The van der Waals surface area contributed by atoms with Gasteiger partial charge in [0.2, 0.25) is 10.0 Å². The molecule has 0 aliphatic heterocycles. The second-order valence-electron chi connectivity index (χ2n) is 6.50. The van der Waals surface area contributed by atoms with Gasteiger partial charge in [-0.15, -0.1) is 0 Å². The van der Waals surface area contributed by atoms with Gasteiger partial charge in [0.15, 0.2) is 0 Å². The summed E-state index contributed by atoms with van der Waals surface area (Å²) in [5, 5.41) is 3.29. The number of nitrogens with zero attached hydrogens (tertiary/aromatic N) is 2. The van der Waals surface area contributed by atoms with Gasteiger partial charge in [-0.2, -0.15) is 0 Å². The Morgan fingerprint density at radius 3 is 2.37 bits per heavy atom. The summed E-state index contributed by atoms with van der Waals surface area (Å²) in [6.45, 7) is 10.3. The topological polar surface area (TPSA) is 74.3 Å². The minimum atomic E-state index is -3.31. The number of benzene rings is 1. The molecule has 0 aliphatic rings. The van der Waals surface area contributed by atoms with E-state index in [0.29, 0.717) is 17.9 Å². The highest BCUT2D eigenvalue weighted by atomic mass is 32.2. The molecule has 0 radical (unpaired) electrons. The maximum atomic E-state index is 12.0. The van der Waals surface area contributed by atoms with E-state index in [2.05, 4.69) is 52.8 Å². The predicted octanol–water partition coefficient (Wildman–Crippen LogP) is 4.52. The van der Waals surface area contributed by atoms with Crippen LogP contribution in [0.3, 0.4) is 0 Å². The number of nitrogens with one attached hydrogen (secondary N) is 2. The highest BCUT2D eigenvalue weighted by molar-refractivity contribution is 7.92. The molecule has 27 heavy (non-hydrogen) atoms. The van der Waals surface area contributed by atoms with Gasteiger partial charge in [0.1, 0.15) is 5.82 Å². The minimum Gasteiger partial charge on any atom is -0.372 e. The summed E-state index contributed by atoms with van der Waals surface area (Å²) in [6, 6.07) is 9.80. The van der Waals surface area contributed by atoms with Crippen LogP contribution in [0.2, 0.25) is 0 Å². The van der Waals surface area contributed by atoms with Gasteiger partial charge in [-0.05, 0) is 63.1 Å². The van der Waals surface area contributed by atoms with Gasteiger partial charge >= 0.3 is 0 Å². The number of pyridine rings is 1. The smallest absolute Gasteiger partial charge is 0.232 e. The van der Waals surface area contributed by atoms with Crippen LogP contribution in [-0.2, 0) is 10.0 Å². The Balaban J connectivity index is 2.06. The Kier molecular flexibility index (Phi) is 7.47. The van der Waals surface area contributed by atoms with Crippen molar-refractivity contribution in [3.05, 3.63) is 42.1 Å². The molecule has 2 rings (SSSR count). The second kappa shape index (κ2) is 9.60. The van der Waals surface area contributed by atoms with Crippen molar-refractivity contribution in [3.8, 4) is 0 Å². The van der Waals surface area contributed by atoms with Crippen LogP contribution in [0.25, 0.3) is 0 Å². The summed E-state index contributed by atoms with van der Waals surface area (Å²) in [7, 11) is -3.31. The van der Waals surface area contributed by atoms with Crippen LogP contribution in [0, 0.1) is 6.92 Å². The van der Waals surface area contributed by atoms with Crippen molar-refractivity contribution in [2.24, 2.45) is 0 Å². The zero-order valence-electron chi connectivity index (χ0n) is 16.6. The fourth-order valence-corrected chi connectivity index (χ4v) is 4.06. The van der Waals surface area contributed by atoms with Gasteiger partial charge in [-0.3, -0.25) is 4.72 Å². The van der Waals surface area contributed by atoms with E-state index < -0.39 is 10.0 Å². The lowest BCUT2D eigenvalue weighted by Crippen LogP contribution is -2.21. The maximum Gasteiger partial charge on any atom is 0.232 e. The lowest BCUT2D eigenvalue weighted by Gasteiger charge is -2.22. The quantitative estimate of drug-likeness (QED) is 0.624. The van der Waals surface area contributed by atoms with E-state index >= 15 is 0 Å². The van der Waals surface area contributed by atoms with Gasteiger partial charge < -0.3 is 10.2 Å². The molecule has 0 aliphatic carbocycles. The zero-order chi connectivity index (χ0) is 19.9. The fourth-order valence-electron chi connectivity index (χ4n) is 2.80. The molecule has 0 saturated carbocycles. The molecule has 0 amide bonds. The first kappa shape index (κ1) is 21.0. The summed E-state index contributed by atoms with van der Waals surface area (Å²) >= 11 is 0. The van der Waals surface area contributed by atoms with Crippen molar-refractivity contribution >= 4 is 32.9 Å². The van der Waals surface area contributed by atoms with Gasteiger partial charge in [0.25, 0.3) is 0 Å². The lowest BCUT2D eigenvalue weighted by molar-refractivity contribution is 0.598. The van der Waals surface area contributed by atoms with E-state index in [-0.39, 0.29) is 5.75 Å². The normalized spacial score (nSPS) is 11.3. The fraction of sp³-hybridized carbons (Fsp3) is 0.450. The van der Waals surface area contributed by atoms with Gasteiger partial charge in [-0.25, -0.2) is 13.4 Å². The minimum absolute atomic E-state index is 0.127. The van der Waals surface area contributed by atoms with Crippen molar-refractivity contribution in [1.29, 1.82) is 0 Å². The van der Waals surface area contributed by atoms with Crippen molar-refractivity contribution in [2.45, 2.75) is 40.5 Å². The third-order valence-electron chi connectivity index (χ3n) is 4.40. The van der Waals surface area contributed by atoms with Crippen molar-refractivity contribution in [2.75, 3.05) is 33.8 Å². The summed E-state index contributed by atoms with van der Waals surface area (Å²) in [4.78, 5) is 6.62. The molecule has 1 heterocycles. The molecule has 6 nitrogen and oxygen atoms in total. The van der Waals surface area contributed by atoms with E-state index in [1.807, 2.05) is 13.0 Å². The number of hydrogen-bond acceptors (Lipinski definition) is 5. The van der Waals surface area contributed by atoms with Crippen LogP contribution in [0.15, 0.2) is 36.5 Å². The first-order valence-corrected chi connectivity index (χ1v) is 11.1. The molecule has 0 fully saturated rings. The Bertz CT molecular complexity index is 832. The van der Waals surface area contributed by atoms with E-state index in [4.69, 9.17) is 0 Å². The summed E-state index contributed by atoms with van der Waals surface area (Å²) in [5.41, 5.74) is 3.79. The number of anilines is 4. The van der Waals surface area contributed by atoms with Gasteiger partial charge in [0, 0.05) is 24.5 Å². The van der Waals surface area contributed by atoms with E-state index in [9.17, 15) is 8.42 Å². The van der Waals surface area contributed by atoms with E-state index in [1.165, 1.54) is 11.9 Å². The molecule has 0 spiro atoms. The molecule has 1 aromatic carbocycles. The molecule has 0 unspecified atom stereocenters. The monoisotopic (exact) mass is 390 g/mol. The first-order valence-electron chi connectivity index (χ1n) is 9.47. The van der Waals surface area contributed by atoms with Gasteiger partial charge in [-0.1, -0.05) is 13.3 Å². The van der Waals surface area contributed by atoms with Crippen molar-refractivity contribution < 1.29 is 8.42 Å². The molecule has 1 aromatic heterocycles.